The van der Waals surface area contributed by atoms with Crippen LogP contribution >= 0.6 is 0 Å². The number of alkyl carbamates (subject to hydrolysis) is 1. The smallest absolute Gasteiger partial charge is 0.413 e. The first-order valence-corrected chi connectivity index (χ1v) is 5.67. The van der Waals surface area contributed by atoms with Crippen LogP contribution in [0.4, 0.5) is 4.79 Å². The van der Waals surface area contributed by atoms with E-state index in [2.05, 4.69) is 10.1 Å². The van der Waals surface area contributed by atoms with Crippen molar-refractivity contribution in [3.05, 3.63) is 35.9 Å². The summed E-state index contributed by atoms with van der Waals surface area (Å²) in [7, 11) is 3.05. The maximum atomic E-state index is 11.7. The summed E-state index contributed by atoms with van der Waals surface area (Å²) in [5.74, 6) is -0.375. The van der Waals surface area contributed by atoms with Crippen LogP contribution in [0.25, 0.3) is 0 Å². The highest BCUT2D eigenvalue weighted by Gasteiger charge is 2.20. The van der Waals surface area contributed by atoms with Gasteiger partial charge in [0.25, 0.3) is 0 Å². The molecular formula is C13H18N2O3. The molecule has 5 nitrogen and oxygen atoms in total. The van der Waals surface area contributed by atoms with Gasteiger partial charge in [0, 0.05) is 6.54 Å². The maximum Gasteiger partial charge on any atom is 0.413 e. The molecule has 0 unspecified atom stereocenters. The van der Waals surface area contributed by atoms with Crippen LogP contribution in [0.1, 0.15) is 12.5 Å². The highest BCUT2D eigenvalue weighted by atomic mass is 16.5. The van der Waals surface area contributed by atoms with Crippen molar-refractivity contribution in [2.75, 3.05) is 14.2 Å². The number of carbonyl (C=O) groups excluding carboxylic acids is 2. The molecule has 0 saturated carbocycles. The summed E-state index contributed by atoms with van der Waals surface area (Å²) in [6.45, 7) is 2.37. The van der Waals surface area contributed by atoms with Gasteiger partial charge in [0.15, 0.2) is 0 Å². The van der Waals surface area contributed by atoms with Crippen molar-refractivity contribution < 1.29 is 14.3 Å². The van der Waals surface area contributed by atoms with Crippen LogP contribution < -0.4 is 5.32 Å². The van der Waals surface area contributed by atoms with Crippen molar-refractivity contribution in [1.82, 2.24) is 10.2 Å². The third kappa shape index (κ3) is 4.18. The Morgan fingerprint density at radius 3 is 2.50 bits per heavy atom. The fourth-order valence-electron chi connectivity index (χ4n) is 1.46. The SMILES string of the molecule is COC(=O)NC(=O)[C@H](C)N(C)Cc1ccccc1. The van der Waals surface area contributed by atoms with Crippen molar-refractivity contribution in [3.63, 3.8) is 0 Å². The first-order chi connectivity index (χ1) is 8.54. The van der Waals surface area contributed by atoms with Crippen molar-refractivity contribution in [1.29, 1.82) is 0 Å². The summed E-state index contributed by atoms with van der Waals surface area (Å²) in [5, 5.41) is 2.15. The lowest BCUT2D eigenvalue weighted by molar-refractivity contribution is -0.124. The van der Waals surface area contributed by atoms with Crippen LogP contribution in [-0.4, -0.2) is 37.1 Å². The molecule has 0 bridgehead atoms. The molecule has 0 saturated heterocycles. The van der Waals surface area contributed by atoms with Crippen LogP contribution in [0.5, 0.6) is 0 Å². The summed E-state index contributed by atoms with van der Waals surface area (Å²) >= 11 is 0. The number of imide groups is 1. The Labute approximate surface area is 107 Å². The van der Waals surface area contributed by atoms with E-state index < -0.39 is 12.1 Å². The Hall–Kier alpha value is -1.88. The zero-order valence-electron chi connectivity index (χ0n) is 10.8. The van der Waals surface area contributed by atoms with Crippen molar-refractivity contribution in [2.45, 2.75) is 19.5 Å². The molecule has 0 spiro atoms. The number of nitrogens with zero attached hydrogens (tertiary/aromatic N) is 1. The van der Waals surface area contributed by atoms with E-state index in [-0.39, 0.29) is 5.91 Å². The Kier molecular flexibility index (Phi) is 5.32. The largest absolute Gasteiger partial charge is 0.453 e. The molecule has 1 N–H and O–H groups in total. The standard InChI is InChI=1S/C13H18N2O3/c1-10(12(16)14-13(17)18-3)15(2)9-11-7-5-4-6-8-11/h4-8,10H,9H2,1-3H3,(H,14,16,17)/t10-/m0/s1. The minimum Gasteiger partial charge on any atom is -0.453 e. The van der Waals surface area contributed by atoms with Gasteiger partial charge in [-0.05, 0) is 19.5 Å². The molecule has 98 valence electrons. The molecule has 2 amide bonds. The fourth-order valence-corrected chi connectivity index (χ4v) is 1.46. The van der Waals surface area contributed by atoms with E-state index in [9.17, 15) is 9.59 Å². The van der Waals surface area contributed by atoms with Crippen LogP contribution in [0.2, 0.25) is 0 Å². The number of methoxy groups -OCH3 is 1. The first kappa shape index (κ1) is 14.2. The summed E-state index contributed by atoms with van der Waals surface area (Å²) in [5.41, 5.74) is 1.11. The number of carbonyl (C=O) groups is 2. The van der Waals surface area contributed by atoms with Crippen LogP contribution in [-0.2, 0) is 16.1 Å². The summed E-state index contributed by atoms with van der Waals surface area (Å²) < 4.78 is 4.38. The van der Waals surface area contributed by atoms with E-state index in [1.165, 1.54) is 7.11 Å². The van der Waals surface area contributed by atoms with Crippen LogP contribution in [0.3, 0.4) is 0 Å². The Morgan fingerprint density at radius 1 is 1.33 bits per heavy atom. The lowest BCUT2D eigenvalue weighted by atomic mass is 10.2. The third-order valence-electron chi connectivity index (χ3n) is 2.73. The van der Waals surface area contributed by atoms with E-state index in [0.717, 1.165) is 5.56 Å². The van der Waals surface area contributed by atoms with Gasteiger partial charge in [0.05, 0.1) is 13.2 Å². The van der Waals surface area contributed by atoms with E-state index in [4.69, 9.17) is 0 Å². The number of nitrogens with one attached hydrogen (secondary N) is 1. The zero-order valence-corrected chi connectivity index (χ0v) is 10.8. The van der Waals surface area contributed by atoms with E-state index in [1.807, 2.05) is 42.3 Å². The molecular weight excluding hydrogens is 232 g/mol. The quantitative estimate of drug-likeness (QED) is 0.877. The number of benzene rings is 1. The van der Waals surface area contributed by atoms with E-state index >= 15 is 0 Å². The lowest BCUT2D eigenvalue weighted by Gasteiger charge is -2.23. The molecule has 1 rings (SSSR count). The summed E-state index contributed by atoms with van der Waals surface area (Å²) in [6, 6.07) is 9.40. The van der Waals surface area contributed by atoms with Gasteiger partial charge in [-0.15, -0.1) is 0 Å². The van der Waals surface area contributed by atoms with Gasteiger partial charge in [-0.1, -0.05) is 30.3 Å². The number of hydrogen-bond acceptors (Lipinski definition) is 4. The van der Waals surface area contributed by atoms with Crippen molar-refractivity contribution >= 4 is 12.0 Å². The Morgan fingerprint density at radius 2 is 1.94 bits per heavy atom. The summed E-state index contributed by atoms with van der Waals surface area (Å²) in [6.07, 6.45) is -0.736. The minimum absolute atomic E-state index is 0.375. The average Bonchev–Trinajstić information content (AvgIpc) is 2.38. The van der Waals surface area contributed by atoms with E-state index in [0.29, 0.717) is 6.54 Å². The van der Waals surface area contributed by atoms with Gasteiger partial charge in [-0.25, -0.2) is 4.79 Å². The third-order valence-corrected chi connectivity index (χ3v) is 2.73. The molecule has 0 aromatic heterocycles. The van der Waals surface area contributed by atoms with Gasteiger partial charge in [-0.2, -0.15) is 0 Å². The van der Waals surface area contributed by atoms with Gasteiger partial charge < -0.3 is 4.74 Å². The van der Waals surface area contributed by atoms with Crippen molar-refractivity contribution in [2.24, 2.45) is 0 Å². The molecule has 18 heavy (non-hydrogen) atoms. The molecule has 1 aromatic carbocycles. The van der Waals surface area contributed by atoms with E-state index in [1.54, 1.807) is 6.92 Å². The predicted octanol–water partition coefficient (Wildman–Crippen LogP) is 1.39. The molecule has 0 aliphatic heterocycles. The van der Waals surface area contributed by atoms with Crippen LogP contribution in [0.15, 0.2) is 30.3 Å². The Balaban J connectivity index is 2.53. The van der Waals surface area contributed by atoms with Gasteiger partial charge >= 0.3 is 6.09 Å². The summed E-state index contributed by atoms with van der Waals surface area (Å²) in [4.78, 5) is 24.5. The fraction of sp³-hybridized carbons (Fsp3) is 0.385. The van der Waals surface area contributed by atoms with Gasteiger partial charge in [-0.3, -0.25) is 15.0 Å². The average molecular weight is 250 g/mol. The zero-order chi connectivity index (χ0) is 13.5. The second kappa shape index (κ2) is 6.76. The highest BCUT2D eigenvalue weighted by molar-refractivity contribution is 5.94. The molecule has 0 radical (unpaired) electrons. The number of likely N-dealkylation sites (N-methyl/N-ethyl adjacent to an activating group) is 1. The maximum absolute atomic E-state index is 11.7. The number of amides is 2. The Bertz CT molecular complexity index is 406. The molecule has 0 aliphatic carbocycles. The van der Waals surface area contributed by atoms with Gasteiger partial charge in [0.2, 0.25) is 5.91 Å². The number of hydrogen-bond donors (Lipinski definition) is 1. The molecule has 1 atom stereocenters. The lowest BCUT2D eigenvalue weighted by Crippen LogP contribution is -2.45. The molecule has 5 heteroatoms. The second-order valence-electron chi connectivity index (χ2n) is 4.06. The first-order valence-electron chi connectivity index (χ1n) is 5.67. The highest BCUT2D eigenvalue weighted by Crippen LogP contribution is 2.06. The predicted molar refractivity (Wildman–Crippen MR) is 67.9 cm³/mol. The normalized spacial score (nSPS) is 12.0. The van der Waals surface area contributed by atoms with Crippen molar-refractivity contribution in [3.8, 4) is 0 Å². The van der Waals surface area contributed by atoms with Crippen LogP contribution in [0, 0.1) is 0 Å². The topological polar surface area (TPSA) is 58.6 Å². The number of ether oxygens (including phenoxy) is 1. The minimum atomic E-state index is -0.736. The molecule has 0 heterocycles. The second-order valence-corrected chi connectivity index (χ2v) is 4.06. The molecule has 0 aliphatic rings. The molecule has 1 aromatic rings. The van der Waals surface area contributed by atoms with Gasteiger partial charge in [0.1, 0.15) is 0 Å². The number of rotatable bonds is 4. The molecule has 0 fully saturated rings. The monoisotopic (exact) mass is 250 g/mol.